The smallest absolute Gasteiger partial charge is 0.306 e. The normalized spacial score (nSPS) is 16.2. The molecule has 0 heterocycles. The van der Waals surface area contributed by atoms with Gasteiger partial charge in [0.2, 0.25) is 11.7 Å². The van der Waals surface area contributed by atoms with Gasteiger partial charge in [-0.25, -0.2) is 0 Å². The van der Waals surface area contributed by atoms with Crippen molar-refractivity contribution >= 4 is 17.3 Å². The molecule has 1 aromatic carbocycles. The first-order chi connectivity index (χ1) is 10.4. The van der Waals surface area contributed by atoms with E-state index in [1.165, 1.54) is 6.07 Å². The number of amides is 1. The fourth-order valence-corrected chi connectivity index (χ4v) is 2.16. The van der Waals surface area contributed by atoms with Gasteiger partial charge >= 0.3 is 5.69 Å². The Hall–Kier alpha value is -2.69. The summed E-state index contributed by atoms with van der Waals surface area (Å²) in [5.74, 6) is -1.18. The summed E-state index contributed by atoms with van der Waals surface area (Å²) in [6, 6.07) is 5.39. The summed E-state index contributed by atoms with van der Waals surface area (Å²) in [7, 11) is 0. The summed E-state index contributed by atoms with van der Waals surface area (Å²) in [6.45, 7) is 1.51. The lowest BCUT2D eigenvalue weighted by Gasteiger charge is -2.23. The highest BCUT2D eigenvalue weighted by Crippen LogP contribution is 2.39. The van der Waals surface area contributed by atoms with Crippen LogP contribution in [-0.2, 0) is 4.79 Å². The van der Waals surface area contributed by atoms with Crippen molar-refractivity contribution < 1.29 is 14.1 Å². The maximum Gasteiger partial charge on any atom is 0.306 e. The van der Waals surface area contributed by atoms with Gasteiger partial charge in [0.1, 0.15) is 5.54 Å². The second kappa shape index (κ2) is 5.97. The van der Waals surface area contributed by atoms with Crippen molar-refractivity contribution in [3.8, 4) is 6.07 Å². The first-order valence-electron chi connectivity index (χ1n) is 6.76. The quantitative estimate of drug-likeness (QED) is 0.617. The average molecular weight is 306 g/mol. The summed E-state index contributed by atoms with van der Waals surface area (Å²) < 4.78 is 13.2. The van der Waals surface area contributed by atoms with Crippen molar-refractivity contribution in [1.29, 1.82) is 5.26 Å². The topological polar surface area (TPSA) is 108 Å². The van der Waals surface area contributed by atoms with Crippen LogP contribution in [0.15, 0.2) is 18.2 Å². The van der Waals surface area contributed by atoms with E-state index in [1.807, 2.05) is 0 Å². The number of halogens is 1. The number of nitro groups is 1. The lowest BCUT2D eigenvalue weighted by atomic mass is 9.98. The van der Waals surface area contributed by atoms with Gasteiger partial charge in [-0.3, -0.25) is 14.9 Å². The largest absolute Gasteiger partial charge is 0.376 e. The molecule has 1 atom stereocenters. The van der Waals surface area contributed by atoms with Crippen molar-refractivity contribution in [2.75, 3.05) is 11.9 Å². The van der Waals surface area contributed by atoms with Crippen LogP contribution in [0, 0.1) is 33.2 Å². The number of anilines is 1. The van der Waals surface area contributed by atoms with E-state index in [-0.39, 0.29) is 18.2 Å². The molecule has 2 N–H and O–H groups in total. The molecule has 1 saturated carbocycles. The summed E-state index contributed by atoms with van der Waals surface area (Å²) in [4.78, 5) is 21.7. The van der Waals surface area contributed by atoms with E-state index in [2.05, 4.69) is 16.7 Å². The highest BCUT2D eigenvalue weighted by Gasteiger charge is 2.42. The van der Waals surface area contributed by atoms with E-state index in [0.29, 0.717) is 0 Å². The molecule has 1 aromatic rings. The molecule has 0 aliphatic heterocycles. The van der Waals surface area contributed by atoms with E-state index in [9.17, 15) is 19.3 Å². The number of hydrogen-bond donors (Lipinski definition) is 2. The predicted molar refractivity (Wildman–Crippen MR) is 76.4 cm³/mol. The van der Waals surface area contributed by atoms with Gasteiger partial charge in [-0.15, -0.1) is 0 Å². The molecule has 7 nitrogen and oxygen atoms in total. The second-order valence-electron chi connectivity index (χ2n) is 5.41. The first-order valence-corrected chi connectivity index (χ1v) is 6.76. The summed E-state index contributed by atoms with van der Waals surface area (Å²) in [6.07, 6.45) is 1.81. The summed E-state index contributed by atoms with van der Waals surface area (Å²) >= 11 is 0. The van der Waals surface area contributed by atoms with Crippen LogP contribution in [0.1, 0.15) is 19.8 Å². The SMILES string of the molecule is CC(C#N)(NC(=O)CNc1ccc(F)c([N+](=O)[O-])c1)C1CC1. The number of carbonyl (C=O) groups excluding carboxylic acids is 1. The number of benzene rings is 1. The number of nitriles is 1. The van der Waals surface area contributed by atoms with Gasteiger partial charge in [-0.1, -0.05) is 0 Å². The third-order valence-corrected chi connectivity index (χ3v) is 3.62. The maximum atomic E-state index is 13.2. The first kappa shape index (κ1) is 15.7. The van der Waals surface area contributed by atoms with Crippen LogP contribution in [-0.4, -0.2) is 22.9 Å². The van der Waals surface area contributed by atoms with E-state index >= 15 is 0 Å². The number of rotatable bonds is 6. The van der Waals surface area contributed by atoms with E-state index in [4.69, 9.17) is 5.26 Å². The molecule has 0 saturated heterocycles. The molecule has 1 fully saturated rings. The fourth-order valence-electron chi connectivity index (χ4n) is 2.16. The van der Waals surface area contributed by atoms with Gasteiger partial charge in [0.25, 0.3) is 0 Å². The number of carbonyl (C=O) groups is 1. The van der Waals surface area contributed by atoms with Crippen molar-refractivity contribution in [2.45, 2.75) is 25.3 Å². The molecule has 0 radical (unpaired) electrons. The molecule has 1 aliphatic rings. The minimum absolute atomic E-state index is 0.160. The lowest BCUT2D eigenvalue weighted by Crippen LogP contribution is -2.48. The number of nitrogens with one attached hydrogen (secondary N) is 2. The van der Waals surface area contributed by atoms with E-state index in [0.717, 1.165) is 25.0 Å². The number of hydrogen-bond acceptors (Lipinski definition) is 5. The van der Waals surface area contributed by atoms with E-state index < -0.39 is 27.9 Å². The number of nitro benzene ring substituents is 1. The zero-order chi connectivity index (χ0) is 16.3. The van der Waals surface area contributed by atoms with Crippen LogP contribution in [0.3, 0.4) is 0 Å². The van der Waals surface area contributed by atoms with Gasteiger partial charge in [-0.05, 0) is 37.8 Å². The molecule has 1 aliphatic carbocycles. The Bertz CT molecular complexity index is 654. The predicted octanol–water partition coefficient (Wildman–Crippen LogP) is 1.95. The minimum atomic E-state index is -0.939. The fraction of sp³-hybridized carbons (Fsp3) is 0.429. The van der Waals surface area contributed by atoms with Crippen molar-refractivity contribution in [3.63, 3.8) is 0 Å². The van der Waals surface area contributed by atoms with Gasteiger partial charge < -0.3 is 10.6 Å². The summed E-state index contributed by atoms with van der Waals surface area (Å²) in [5, 5.41) is 25.1. The third-order valence-electron chi connectivity index (χ3n) is 3.62. The molecule has 1 amide bonds. The Kier molecular flexibility index (Phi) is 4.26. The molecule has 116 valence electrons. The highest BCUT2D eigenvalue weighted by atomic mass is 19.1. The maximum absolute atomic E-state index is 13.2. The molecule has 0 spiro atoms. The van der Waals surface area contributed by atoms with Crippen LogP contribution in [0.25, 0.3) is 0 Å². The molecule has 1 unspecified atom stereocenters. The molecule has 22 heavy (non-hydrogen) atoms. The molecule has 8 heteroatoms. The van der Waals surface area contributed by atoms with Crippen LogP contribution < -0.4 is 10.6 Å². The van der Waals surface area contributed by atoms with E-state index in [1.54, 1.807) is 6.92 Å². The average Bonchev–Trinajstić information content (AvgIpc) is 3.31. The van der Waals surface area contributed by atoms with Gasteiger partial charge in [0.05, 0.1) is 17.5 Å². The van der Waals surface area contributed by atoms with Crippen LogP contribution in [0.5, 0.6) is 0 Å². The minimum Gasteiger partial charge on any atom is -0.376 e. The zero-order valence-corrected chi connectivity index (χ0v) is 11.9. The monoisotopic (exact) mass is 306 g/mol. The molecule has 0 bridgehead atoms. The number of nitrogens with zero attached hydrogens (tertiary/aromatic N) is 2. The Balaban J connectivity index is 1.95. The van der Waals surface area contributed by atoms with Crippen LogP contribution in [0.4, 0.5) is 15.8 Å². The Labute approximate surface area is 126 Å². The van der Waals surface area contributed by atoms with Crippen molar-refractivity contribution in [2.24, 2.45) is 5.92 Å². The Morgan fingerprint density at radius 1 is 1.59 bits per heavy atom. The van der Waals surface area contributed by atoms with Crippen molar-refractivity contribution in [1.82, 2.24) is 5.32 Å². The highest BCUT2D eigenvalue weighted by molar-refractivity contribution is 5.82. The molecular weight excluding hydrogens is 291 g/mol. The lowest BCUT2D eigenvalue weighted by molar-refractivity contribution is -0.387. The Morgan fingerprint density at radius 2 is 2.27 bits per heavy atom. The van der Waals surface area contributed by atoms with Gasteiger partial charge in [0.15, 0.2) is 0 Å². The van der Waals surface area contributed by atoms with Crippen LogP contribution >= 0.6 is 0 Å². The molecular formula is C14H15FN4O3. The van der Waals surface area contributed by atoms with Crippen molar-refractivity contribution in [3.05, 3.63) is 34.1 Å². The Morgan fingerprint density at radius 3 is 2.82 bits per heavy atom. The standard InChI is InChI=1S/C14H15FN4O3/c1-14(8-16,9-2-3-9)18-13(20)7-17-10-4-5-11(15)12(6-10)19(21)22/h4-6,9,17H,2-3,7H2,1H3,(H,18,20). The van der Waals surface area contributed by atoms with Gasteiger partial charge in [-0.2, -0.15) is 9.65 Å². The second-order valence-corrected chi connectivity index (χ2v) is 5.41. The summed E-state index contributed by atoms with van der Waals surface area (Å²) in [5.41, 5.74) is -1.30. The third kappa shape index (κ3) is 3.49. The molecule has 2 rings (SSSR count). The van der Waals surface area contributed by atoms with Crippen LogP contribution in [0.2, 0.25) is 0 Å². The zero-order valence-electron chi connectivity index (χ0n) is 11.9. The molecule has 0 aromatic heterocycles. The van der Waals surface area contributed by atoms with Gasteiger partial charge in [0, 0.05) is 11.8 Å².